The Labute approximate surface area is 213 Å². The van der Waals surface area contributed by atoms with Crippen LogP contribution in [0.3, 0.4) is 0 Å². The molecule has 176 valence electrons. The number of hydrogen-bond donors (Lipinski definition) is 1. The van der Waals surface area contributed by atoms with Crippen LogP contribution in [0, 0.1) is 0 Å². The highest BCUT2D eigenvalue weighted by molar-refractivity contribution is 6.31. The maximum absolute atomic E-state index is 12.7. The molecule has 1 unspecified atom stereocenters. The number of likely N-dealkylation sites (N-methyl/N-ethyl adjacent to an activating group) is 1. The number of hydrogen-bond acceptors (Lipinski definition) is 4. The molecular weight excluding hydrogens is 481 g/mol. The van der Waals surface area contributed by atoms with E-state index in [1.807, 2.05) is 78.3 Å². The highest BCUT2D eigenvalue weighted by Crippen LogP contribution is 2.38. The second kappa shape index (κ2) is 8.96. The average molecular weight is 504 g/mol. The topological polar surface area (TPSA) is 76.5 Å². The van der Waals surface area contributed by atoms with E-state index in [4.69, 9.17) is 28.9 Å². The average Bonchev–Trinajstić information content (AvgIpc) is 3.25. The van der Waals surface area contributed by atoms with Crippen molar-refractivity contribution in [2.75, 3.05) is 18.5 Å². The quantitative estimate of drug-likeness (QED) is 0.434. The maximum atomic E-state index is 12.7. The first kappa shape index (κ1) is 23.3. The number of halogens is 2. The molecule has 1 amide bonds. The number of aromatic nitrogens is 2. The molecule has 2 heterocycles. The van der Waals surface area contributed by atoms with Crippen molar-refractivity contribution in [3.63, 3.8) is 0 Å². The van der Waals surface area contributed by atoms with Crippen LogP contribution in [-0.2, 0) is 17.4 Å². The van der Waals surface area contributed by atoms with Crippen LogP contribution in [0.5, 0.6) is 0 Å². The summed E-state index contributed by atoms with van der Waals surface area (Å²) in [5.74, 6) is -0.0978. The predicted octanol–water partition coefficient (Wildman–Crippen LogP) is 4.79. The number of carbonyl (C=O) groups excluding carboxylic acids is 1. The van der Waals surface area contributed by atoms with E-state index in [-0.39, 0.29) is 12.5 Å². The lowest BCUT2D eigenvalue weighted by molar-refractivity contribution is -0.116. The van der Waals surface area contributed by atoms with E-state index in [1.165, 1.54) is 0 Å². The second-order valence-electron chi connectivity index (χ2n) is 8.56. The monoisotopic (exact) mass is 503 g/mol. The Balaban J connectivity index is 1.77. The minimum Gasteiger partial charge on any atom is -0.336 e. The molecule has 8 heteroatoms. The molecule has 5 rings (SSSR count). The number of rotatable bonds is 4. The Hall–Kier alpha value is -3.45. The fraction of sp³-hybridized carbons (Fsp3) is 0.148. The molecule has 1 aliphatic rings. The molecule has 4 aromatic rings. The number of carbonyl (C=O) groups is 1. The van der Waals surface area contributed by atoms with Crippen molar-refractivity contribution < 1.29 is 4.79 Å². The van der Waals surface area contributed by atoms with E-state index < -0.39 is 5.54 Å². The Kier molecular flexibility index (Phi) is 5.97. The van der Waals surface area contributed by atoms with Crippen LogP contribution in [0.4, 0.5) is 5.69 Å². The zero-order valence-electron chi connectivity index (χ0n) is 19.2. The van der Waals surface area contributed by atoms with Gasteiger partial charge in [0.25, 0.3) is 0 Å². The highest BCUT2D eigenvalue weighted by atomic mass is 35.5. The first-order chi connectivity index (χ1) is 16.8. The molecule has 0 spiro atoms. The lowest BCUT2D eigenvalue weighted by atomic mass is 9.79. The molecule has 0 radical (unpaired) electrons. The fourth-order valence-electron chi connectivity index (χ4n) is 4.53. The summed E-state index contributed by atoms with van der Waals surface area (Å²) in [6.07, 6.45) is 3.49. The number of nitrogens with zero attached hydrogens (tertiary/aromatic N) is 4. The first-order valence-electron chi connectivity index (χ1n) is 11.0. The number of amides is 1. The van der Waals surface area contributed by atoms with Crippen LogP contribution in [0.25, 0.3) is 0 Å². The van der Waals surface area contributed by atoms with E-state index in [9.17, 15) is 4.79 Å². The van der Waals surface area contributed by atoms with E-state index >= 15 is 0 Å². The van der Waals surface area contributed by atoms with Gasteiger partial charge in [-0.05, 0) is 47.5 Å². The van der Waals surface area contributed by atoms with Gasteiger partial charge < -0.3 is 15.2 Å². The molecule has 35 heavy (non-hydrogen) atoms. The van der Waals surface area contributed by atoms with E-state index in [2.05, 4.69) is 9.98 Å². The highest BCUT2D eigenvalue weighted by Gasteiger charge is 2.36. The summed E-state index contributed by atoms with van der Waals surface area (Å²) in [6, 6.07) is 20.8. The van der Waals surface area contributed by atoms with Crippen LogP contribution in [0.1, 0.15) is 27.9 Å². The number of anilines is 1. The fourth-order valence-corrected chi connectivity index (χ4v) is 4.85. The summed E-state index contributed by atoms with van der Waals surface area (Å²) < 4.78 is 1.90. The van der Waals surface area contributed by atoms with Crippen LogP contribution in [0.15, 0.2) is 84.2 Å². The van der Waals surface area contributed by atoms with Gasteiger partial charge in [-0.2, -0.15) is 0 Å². The van der Waals surface area contributed by atoms with Crippen molar-refractivity contribution in [3.8, 4) is 0 Å². The summed E-state index contributed by atoms with van der Waals surface area (Å²) in [7, 11) is 3.67. The number of imidazole rings is 1. The van der Waals surface area contributed by atoms with Gasteiger partial charge in [0, 0.05) is 35.3 Å². The van der Waals surface area contributed by atoms with Crippen molar-refractivity contribution >= 4 is 40.5 Å². The van der Waals surface area contributed by atoms with Gasteiger partial charge >= 0.3 is 0 Å². The lowest BCUT2D eigenvalue weighted by Crippen LogP contribution is -2.41. The van der Waals surface area contributed by atoms with Crippen LogP contribution in [0.2, 0.25) is 10.0 Å². The van der Waals surface area contributed by atoms with Gasteiger partial charge in [0.1, 0.15) is 12.1 Å². The minimum absolute atomic E-state index is 0.0367. The first-order valence-corrected chi connectivity index (χ1v) is 11.8. The van der Waals surface area contributed by atoms with Crippen molar-refractivity contribution in [2.45, 2.75) is 5.54 Å². The smallest absolute Gasteiger partial charge is 0.248 e. The van der Waals surface area contributed by atoms with Crippen LogP contribution >= 0.6 is 23.2 Å². The van der Waals surface area contributed by atoms with Crippen molar-refractivity contribution in [3.05, 3.63) is 117 Å². The normalized spacial score (nSPS) is 15.3. The molecule has 6 nitrogen and oxygen atoms in total. The third kappa shape index (κ3) is 4.04. The minimum atomic E-state index is -1.04. The summed E-state index contributed by atoms with van der Waals surface area (Å²) >= 11 is 12.5. The number of benzodiazepines with no additional fused rings is 1. The molecular formula is C27H23Cl2N5O. The largest absolute Gasteiger partial charge is 0.336 e. The Morgan fingerprint density at radius 1 is 0.943 bits per heavy atom. The molecule has 0 fully saturated rings. The van der Waals surface area contributed by atoms with E-state index in [1.54, 1.807) is 24.5 Å². The SMILES string of the molecule is CN1C(=O)CN=C(c2cccc(Cl)c2)c2cc(C(N)(c3ccc(Cl)cc3)c3cncn3C)ccc21. The molecule has 1 atom stereocenters. The number of aliphatic imine (C=N–C) groups is 1. The van der Waals surface area contributed by atoms with Gasteiger partial charge in [0.05, 0.1) is 29.6 Å². The molecule has 0 saturated heterocycles. The van der Waals surface area contributed by atoms with Gasteiger partial charge in [-0.1, -0.05) is 53.5 Å². The maximum Gasteiger partial charge on any atom is 0.248 e. The standard InChI is InChI=1S/C27H23Cl2N5O/c1-33-16-31-14-24(33)27(30,18-6-9-20(28)10-7-18)19-8-11-23-22(13-19)26(32-15-25(35)34(23)2)17-4-3-5-21(29)12-17/h3-14,16H,15,30H2,1-2H3. The van der Waals surface area contributed by atoms with Crippen molar-refractivity contribution in [1.29, 1.82) is 0 Å². The Morgan fingerprint density at radius 3 is 2.37 bits per heavy atom. The van der Waals surface area contributed by atoms with Crippen LogP contribution in [-0.4, -0.2) is 34.8 Å². The number of aryl methyl sites for hydroxylation is 1. The lowest BCUT2D eigenvalue weighted by Gasteiger charge is -2.32. The van der Waals surface area contributed by atoms with Gasteiger partial charge in [-0.3, -0.25) is 9.79 Å². The van der Waals surface area contributed by atoms with Gasteiger partial charge in [-0.25, -0.2) is 4.98 Å². The molecule has 1 aliphatic heterocycles. The second-order valence-corrected chi connectivity index (χ2v) is 9.44. The van der Waals surface area contributed by atoms with Crippen molar-refractivity contribution in [2.24, 2.45) is 17.8 Å². The van der Waals surface area contributed by atoms with Crippen LogP contribution < -0.4 is 10.6 Å². The predicted molar refractivity (Wildman–Crippen MR) is 141 cm³/mol. The third-order valence-corrected chi connectivity index (χ3v) is 6.92. The molecule has 0 bridgehead atoms. The third-order valence-electron chi connectivity index (χ3n) is 6.43. The number of nitrogens with two attached hydrogens (primary N) is 1. The zero-order valence-corrected chi connectivity index (χ0v) is 20.8. The Bertz CT molecular complexity index is 1460. The van der Waals surface area contributed by atoms with E-state index in [0.717, 1.165) is 33.6 Å². The van der Waals surface area contributed by atoms with Crippen molar-refractivity contribution in [1.82, 2.24) is 9.55 Å². The summed E-state index contributed by atoms with van der Waals surface area (Å²) in [5.41, 5.74) is 11.7. The Morgan fingerprint density at radius 2 is 1.69 bits per heavy atom. The summed E-state index contributed by atoms with van der Waals surface area (Å²) in [6.45, 7) is 0.0367. The molecule has 0 saturated carbocycles. The zero-order chi connectivity index (χ0) is 24.7. The summed E-state index contributed by atoms with van der Waals surface area (Å²) in [4.78, 5) is 23.4. The molecule has 1 aromatic heterocycles. The summed E-state index contributed by atoms with van der Waals surface area (Å²) in [5, 5.41) is 1.22. The molecule has 0 aliphatic carbocycles. The number of benzene rings is 3. The van der Waals surface area contributed by atoms with Gasteiger partial charge in [0.2, 0.25) is 5.91 Å². The van der Waals surface area contributed by atoms with Gasteiger partial charge in [0.15, 0.2) is 0 Å². The van der Waals surface area contributed by atoms with E-state index in [0.29, 0.717) is 15.8 Å². The number of fused-ring (bicyclic) bond motifs is 1. The molecule has 3 aromatic carbocycles. The van der Waals surface area contributed by atoms with Gasteiger partial charge in [-0.15, -0.1) is 0 Å². The molecule has 2 N–H and O–H groups in total.